The van der Waals surface area contributed by atoms with E-state index in [-0.39, 0.29) is 48.4 Å². The van der Waals surface area contributed by atoms with Gasteiger partial charge < -0.3 is 15.7 Å². The Morgan fingerprint density at radius 1 is 1.14 bits per heavy atom. The predicted molar refractivity (Wildman–Crippen MR) is 124 cm³/mol. The number of hydrogen-bond acceptors (Lipinski definition) is 5. The molecule has 3 aliphatic rings. The number of nitrogens with one attached hydrogen (secondary N) is 2. The van der Waals surface area contributed by atoms with Crippen molar-refractivity contribution in [2.45, 2.75) is 68.8 Å². The molecule has 2 bridgehead atoms. The van der Waals surface area contributed by atoms with Crippen molar-refractivity contribution in [1.29, 1.82) is 0 Å². The van der Waals surface area contributed by atoms with E-state index in [0.29, 0.717) is 12.8 Å². The van der Waals surface area contributed by atoms with Crippen LogP contribution in [0.5, 0.6) is 0 Å². The van der Waals surface area contributed by atoms with Gasteiger partial charge >= 0.3 is 0 Å². The summed E-state index contributed by atoms with van der Waals surface area (Å²) in [5, 5.41) is 15.7. The van der Waals surface area contributed by atoms with Crippen molar-refractivity contribution in [3.8, 4) is 0 Å². The first-order chi connectivity index (χ1) is 17.1. The molecule has 1 aromatic heterocycles. The van der Waals surface area contributed by atoms with E-state index in [4.69, 9.17) is 11.6 Å². The Morgan fingerprint density at radius 2 is 1.89 bits per heavy atom. The van der Waals surface area contributed by atoms with E-state index in [1.807, 2.05) is 0 Å². The number of aliphatic hydroxyl groups excluding tert-OH is 1. The summed E-state index contributed by atoms with van der Waals surface area (Å²) in [6, 6.07) is 1.74. The maximum Gasteiger partial charge on any atom is 0.270 e. The number of aromatic nitrogens is 2. The molecule has 3 aliphatic carbocycles. The second-order valence-corrected chi connectivity index (χ2v) is 10.7. The molecule has 0 radical (unpaired) electrons. The van der Waals surface area contributed by atoms with E-state index in [2.05, 4.69) is 20.6 Å². The van der Waals surface area contributed by atoms with Crippen LogP contribution in [0.25, 0.3) is 0 Å². The topological polar surface area (TPSA) is 104 Å². The third-order valence-corrected chi connectivity index (χ3v) is 8.40. The van der Waals surface area contributed by atoms with Crippen molar-refractivity contribution in [3.05, 3.63) is 58.6 Å². The number of rotatable bonds is 6. The number of amides is 2. The van der Waals surface area contributed by atoms with Gasteiger partial charge in [0.15, 0.2) is 0 Å². The summed E-state index contributed by atoms with van der Waals surface area (Å²) in [6.07, 6.45) is 3.20. The van der Waals surface area contributed by atoms with Gasteiger partial charge in [0.2, 0.25) is 5.91 Å². The number of aliphatic hydroxyl groups is 1. The Bertz CT molecular complexity index is 1180. The molecule has 2 amide bonds. The van der Waals surface area contributed by atoms with Gasteiger partial charge in [-0.25, -0.2) is 23.1 Å². The average Bonchev–Trinajstić information content (AvgIpc) is 3.52. The molecule has 3 fully saturated rings. The lowest BCUT2D eigenvalue weighted by Gasteiger charge is -2.37. The monoisotopic (exact) mass is 522 g/mol. The fraction of sp³-hybridized carbons (Fsp3) is 0.520. The molecule has 4 atom stereocenters. The van der Waals surface area contributed by atoms with Crippen LogP contribution in [0.15, 0.2) is 30.7 Å². The molecule has 1 aromatic carbocycles. The number of halogens is 4. The largest absolute Gasteiger partial charge is 0.391 e. The number of hydrogen-bond donors (Lipinski definition) is 3. The highest BCUT2D eigenvalue weighted by atomic mass is 35.5. The summed E-state index contributed by atoms with van der Waals surface area (Å²) in [4.78, 5) is 33.4. The van der Waals surface area contributed by atoms with E-state index in [1.165, 1.54) is 18.6 Å². The van der Waals surface area contributed by atoms with Crippen molar-refractivity contribution in [2.24, 2.45) is 11.3 Å². The van der Waals surface area contributed by atoms with Crippen molar-refractivity contribution in [2.75, 3.05) is 0 Å². The lowest BCUT2D eigenvalue weighted by Crippen LogP contribution is -2.43. The average molecular weight is 523 g/mol. The maximum atomic E-state index is 15.1. The molecular formula is C25H26ClF3N4O3. The van der Waals surface area contributed by atoms with Gasteiger partial charge in [-0.05, 0) is 68.6 Å². The molecule has 3 N–H and O–H groups in total. The molecule has 4 unspecified atom stereocenters. The first kappa shape index (κ1) is 25.0. The molecule has 0 saturated heterocycles. The van der Waals surface area contributed by atoms with Crippen LogP contribution in [-0.4, -0.2) is 44.7 Å². The van der Waals surface area contributed by atoms with Gasteiger partial charge in [-0.15, -0.1) is 0 Å². The minimum absolute atomic E-state index is 0.0494. The van der Waals surface area contributed by atoms with E-state index in [9.17, 15) is 19.1 Å². The Morgan fingerprint density at radius 3 is 2.53 bits per heavy atom. The number of carbonyl (C=O) groups excluding carboxylic acids is 2. The predicted octanol–water partition coefficient (Wildman–Crippen LogP) is 3.81. The van der Waals surface area contributed by atoms with E-state index in [1.54, 1.807) is 0 Å². The zero-order valence-electron chi connectivity index (χ0n) is 19.3. The van der Waals surface area contributed by atoms with Gasteiger partial charge in [0.1, 0.15) is 29.3 Å². The van der Waals surface area contributed by atoms with Crippen molar-refractivity contribution in [3.63, 3.8) is 0 Å². The SMILES string of the molecule is O=C(NC1CC(C(=O)NC(c2c(F)ccc(Cl)c2F)C23CCC(F)(CC2)C3)CC1O)c1ccncn1. The molecule has 0 aliphatic heterocycles. The smallest absolute Gasteiger partial charge is 0.270 e. The molecule has 11 heteroatoms. The van der Waals surface area contributed by atoms with E-state index < -0.39 is 58.6 Å². The second-order valence-electron chi connectivity index (χ2n) is 10.3. The fourth-order valence-corrected chi connectivity index (χ4v) is 6.39. The van der Waals surface area contributed by atoms with Gasteiger partial charge in [0.25, 0.3) is 5.91 Å². The molecule has 1 heterocycles. The first-order valence-electron chi connectivity index (χ1n) is 12.0. The maximum absolute atomic E-state index is 15.1. The van der Waals surface area contributed by atoms with E-state index in [0.717, 1.165) is 12.1 Å². The number of nitrogens with zero attached hydrogens (tertiary/aromatic N) is 2. The third-order valence-electron chi connectivity index (χ3n) is 8.11. The summed E-state index contributed by atoms with van der Waals surface area (Å²) in [6.45, 7) is 0. The van der Waals surface area contributed by atoms with Crippen LogP contribution in [-0.2, 0) is 4.79 Å². The van der Waals surface area contributed by atoms with Crippen molar-refractivity contribution >= 4 is 23.4 Å². The minimum atomic E-state index is -1.41. The summed E-state index contributed by atoms with van der Waals surface area (Å²) >= 11 is 5.95. The zero-order chi connectivity index (χ0) is 25.7. The van der Waals surface area contributed by atoms with Gasteiger partial charge in [-0.1, -0.05) is 11.6 Å². The molecule has 5 rings (SSSR count). The lowest BCUT2D eigenvalue weighted by molar-refractivity contribution is -0.127. The second kappa shape index (κ2) is 9.30. The summed E-state index contributed by atoms with van der Waals surface area (Å²) in [5.41, 5.74) is -2.49. The van der Waals surface area contributed by atoms with Crippen LogP contribution in [0.3, 0.4) is 0 Å². The highest BCUT2D eigenvalue weighted by Gasteiger charge is 2.59. The molecule has 3 saturated carbocycles. The van der Waals surface area contributed by atoms with Gasteiger partial charge in [-0.2, -0.15) is 0 Å². The molecule has 0 spiro atoms. The molecule has 36 heavy (non-hydrogen) atoms. The van der Waals surface area contributed by atoms with Gasteiger partial charge in [0, 0.05) is 17.7 Å². The molecule has 7 nitrogen and oxygen atoms in total. The van der Waals surface area contributed by atoms with Crippen LogP contribution in [0, 0.1) is 23.0 Å². The number of benzene rings is 1. The Labute approximate surface area is 210 Å². The van der Waals surface area contributed by atoms with Gasteiger partial charge in [-0.3, -0.25) is 9.59 Å². The summed E-state index contributed by atoms with van der Waals surface area (Å²) in [5.74, 6) is -3.59. The third kappa shape index (κ3) is 4.45. The number of fused-ring (bicyclic) bond motifs is 2. The first-order valence-corrected chi connectivity index (χ1v) is 12.4. The van der Waals surface area contributed by atoms with Crippen molar-refractivity contribution < 1.29 is 27.9 Å². The summed E-state index contributed by atoms with van der Waals surface area (Å²) < 4.78 is 45.2. The quantitative estimate of drug-likeness (QED) is 0.501. The van der Waals surface area contributed by atoms with Crippen LogP contribution >= 0.6 is 11.6 Å². The van der Waals surface area contributed by atoms with Crippen LogP contribution in [0.2, 0.25) is 5.02 Å². The van der Waals surface area contributed by atoms with Gasteiger partial charge in [0.05, 0.1) is 23.2 Å². The Balaban J connectivity index is 1.36. The molecule has 2 aromatic rings. The number of alkyl halides is 1. The normalized spacial score (nSPS) is 31.9. The van der Waals surface area contributed by atoms with E-state index >= 15 is 8.78 Å². The zero-order valence-corrected chi connectivity index (χ0v) is 20.1. The van der Waals surface area contributed by atoms with Crippen LogP contribution in [0.4, 0.5) is 13.2 Å². The highest BCUT2D eigenvalue weighted by molar-refractivity contribution is 6.30. The van der Waals surface area contributed by atoms with Crippen molar-refractivity contribution in [1.82, 2.24) is 20.6 Å². The standard InChI is InChI=1S/C25H26ClF3N4O3/c26-14-1-2-15(27)19(20(14)28)21(24-4-6-25(29,11-24)7-5-24)33-22(35)13-9-17(18(34)10-13)32-23(36)16-3-8-30-12-31-16/h1-3,8,12-13,17-18,21,34H,4-7,9-11H2,(H,32,36)(H,33,35). The Hall–Kier alpha value is -2.72. The fourth-order valence-electron chi connectivity index (χ4n) is 6.22. The van der Waals surface area contributed by atoms with Crippen LogP contribution < -0.4 is 10.6 Å². The van der Waals surface area contributed by atoms with Crippen LogP contribution in [0.1, 0.15) is 67.0 Å². The Kier molecular flexibility index (Phi) is 6.45. The minimum Gasteiger partial charge on any atom is -0.391 e. The number of carbonyl (C=O) groups is 2. The molecule has 192 valence electrons. The summed E-state index contributed by atoms with van der Waals surface area (Å²) in [7, 11) is 0. The highest BCUT2D eigenvalue weighted by Crippen LogP contribution is 2.63. The lowest BCUT2D eigenvalue weighted by atomic mass is 9.74. The molecular weight excluding hydrogens is 497 g/mol.